The van der Waals surface area contributed by atoms with Crippen LogP contribution in [0, 0.1) is 0 Å². The number of aromatic nitrogens is 3. The molecule has 0 saturated heterocycles. The van der Waals surface area contributed by atoms with Gasteiger partial charge in [0.15, 0.2) is 0 Å². The molecule has 4 heteroatoms. The van der Waals surface area contributed by atoms with Crippen LogP contribution in [0.1, 0.15) is 25.2 Å². The van der Waals surface area contributed by atoms with E-state index in [0.717, 1.165) is 31.0 Å². The molecule has 2 aromatic heterocycles. The Morgan fingerprint density at radius 3 is 2.71 bits per heavy atom. The van der Waals surface area contributed by atoms with Crippen molar-refractivity contribution in [1.29, 1.82) is 0 Å². The minimum atomic E-state index is 0.844. The van der Waals surface area contributed by atoms with Gasteiger partial charge >= 0.3 is 0 Å². The first kappa shape index (κ1) is 13.7. The third-order valence-corrected chi connectivity index (χ3v) is 3.89. The molecular weight excluding hydrogens is 262 g/mol. The van der Waals surface area contributed by atoms with Crippen LogP contribution in [0.5, 0.6) is 5.75 Å². The average Bonchev–Trinajstić information content (AvgIpc) is 3.11. The van der Waals surface area contributed by atoms with Gasteiger partial charge in [-0.2, -0.15) is 5.10 Å². The lowest BCUT2D eigenvalue weighted by molar-refractivity contribution is 0.415. The number of hydrogen-bond donors (Lipinski definition) is 0. The van der Waals surface area contributed by atoms with Crippen LogP contribution in [-0.2, 0) is 19.5 Å². The maximum Gasteiger partial charge on any atom is 0.119 e. The van der Waals surface area contributed by atoms with Crippen molar-refractivity contribution in [1.82, 2.24) is 14.3 Å². The van der Waals surface area contributed by atoms with Crippen molar-refractivity contribution in [3.63, 3.8) is 0 Å². The summed E-state index contributed by atoms with van der Waals surface area (Å²) >= 11 is 0. The summed E-state index contributed by atoms with van der Waals surface area (Å²) in [7, 11) is 1.70. The van der Waals surface area contributed by atoms with Gasteiger partial charge in [-0.05, 0) is 43.7 Å². The third kappa shape index (κ3) is 2.53. The van der Waals surface area contributed by atoms with E-state index in [1.165, 1.54) is 16.6 Å². The molecule has 0 bridgehead atoms. The van der Waals surface area contributed by atoms with Gasteiger partial charge in [-0.3, -0.25) is 4.68 Å². The fourth-order valence-corrected chi connectivity index (χ4v) is 2.71. The van der Waals surface area contributed by atoms with E-state index < -0.39 is 0 Å². The quantitative estimate of drug-likeness (QED) is 0.718. The maximum absolute atomic E-state index is 5.28. The highest BCUT2D eigenvalue weighted by atomic mass is 16.5. The van der Waals surface area contributed by atoms with Crippen LogP contribution >= 0.6 is 0 Å². The van der Waals surface area contributed by atoms with Gasteiger partial charge in [0, 0.05) is 23.6 Å². The molecule has 0 spiro atoms. The molecule has 21 heavy (non-hydrogen) atoms. The summed E-state index contributed by atoms with van der Waals surface area (Å²) in [6, 6.07) is 10.5. The van der Waals surface area contributed by atoms with Gasteiger partial charge in [0.2, 0.25) is 0 Å². The summed E-state index contributed by atoms with van der Waals surface area (Å²) in [5, 5.41) is 5.82. The summed E-state index contributed by atoms with van der Waals surface area (Å²) in [6.07, 6.45) is 3.10. The zero-order chi connectivity index (χ0) is 14.8. The molecule has 0 radical (unpaired) electrons. The fraction of sp³-hybridized carbons (Fsp3) is 0.353. The van der Waals surface area contributed by atoms with Gasteiger partial charge in [0.1, 0.15) is 5.75 Å². The van der Waals surface area contributed by atoms with E-state index in [1.807, 2.05) is 6.07 Å². The monoisotopic (exact) mass is 283 g/mol. The number of rotatable bonds is 5. The maximum atomic E-state index is 5.28. The number of ether oxygens (including phenoxy) is 1. The van der Waals surface area contributed by atoms with Gasteiger partial charge in [0.25, 0.3) is 0 Å². The Hall–Kier alpha value is -2.23. The van der Waals surface area contributed by atoms with Crippen LogP contribution in [0.15, 0.2) is 36.5 Å². The van der Waals surface area contributed by atoms with E-state index in [1.54, 1.807) is 7.11 Å². The van der Waals surface area contributed by atoms with Crippen molar-refractivity contribution in [3.8, 4) is 5.75 Å². The lowest BCUT2D eigenvalue weighted by atomic mass is 10.2. The summed E-state index contributed by atoms with van der Waals surface area (Å²) in [5.41, 5.74) is 3.63. The first-order valence-corrected chi connectivity index (χ1v) is 7.43. The van der Waals surface area contributed by atoms with Crippen molar-refractivity contribution in [2.24, 2.45) is 0 Å². The molecule has 0 unspecified atom stereocenters. The summed E-state index contributed by atoms with van der Waals surface area (Å²) in [5.74, 6) is 0.895. The van der Waals surface area contributed by atoms with Gasteiger partial charge in [-0.25, -0.2) is 0 Å². The number of fused-ring (bicyclic) bond motifs is 1. The van der Waals surface area contributed by atoms with E-state index in [9.17, 15) is 0 Å². The van der Waals surface area contributed by atoms with Crippen LogP contribution < -0.4 is 4.74 Å². The molecule has 0 saturated carbocycles. The minimum absolute atomic E-state index is 0.844. The molecule has 0 aliphatic heterocycles. The smallest absolute Gasteiger partial charge is 0.119 e. The molecule has 2 heterocycles. The fourth-order valence-electron chi connectivity index (χ4n) is 2.71. The summed E-state index contributed by atoms with van der Waals surface area (Å²) < 4.78 is 9.63. The van der Waals surface area contributed by atoms with Crippen LogP contribution in [0.25, 0.3) is 10.9 Å². The highest BCUT2D eigenvalue weighted by molar-refractivity contribution is 5.81. The van der Waals surface area contributed by atoms with E-state index in [2.05, 4.69) is 58.7 Å². The molecule has 4 nitrogen and oxygen atoms in total. The Labute approximate surface area is 124 Å². The topological polar surface area (TPSA) is 32.0 Å². The Bertz CT molecular complexity index is 755. The first-order valence-electron chi connectivity index (χ1n) is 7.43. The largest absolute Gasteiger partial charge is 0.497 e. The number of methoxy groups -OCH3 is 1. The Morgan fingerprint density at radius 2 is 2.00 bits per heavy atom. The molecule has 0 N–H and O–H groups in total. The van der Waals surface area contributed by atoms with E-state index >= 15 is 0 Å². The van der Waals surface area contributed by atoms with Gasteiger partial charge in [-0.15, -0.1) is 0 Å². The van der Waals surface area contributed by atoms with Crippen molar-refractivity contribution in [2.75, 3.05) is 7.11 Å². The molecule has 1 aromatic carbocycles. The van der Waals surface area contributed by atoms with Crippen LogP contribution in [0.4, 0.5) is 0 Å². The third-order valence-electron chi connectivity index (χ3n) is 3.89. The summed E-state index contributed by atoms with van der Waals surface area (Å²) in [6.45, 7) is 6.02. The Kier molecular flexibility index (Phi) is 3.69. The molecule has 0 amide bonds. The van der Waals surface area contributed by atoms with Crippen LogP contribution in [0.3, 0.4) is 0 Å². The standard InChI is InChI=1S/C17H21N3O/c1-4-14-11-15(20(5-2)18-14)12-19-9-8-13-10-16(21-3)6-7-17(13)19/h6-11H,4-5,12H2,1-3H3. The lowest BCUT2D eigenvalue weighted by Gasteiger charge is -2.08. The number of aryl methyl sites for hydroxylation is 2. The zero-order valence-electron chi connectivity index (χ0n) is 12.8. The van der Waals surface area contributed by atoms with Crippen molar-refractivity contribution in [2.45, 2.75) is 33.4 Å². The van der Waals surface area contributed by atoms with Gasteiger partial charge in [-0.1, -0.05) is 6.92 Å². The SMILES string of the molecule is CCc1cc(Cn2ccc3cc(OC)ccc32)n(CC)n1. The summed E-state index contributed by atoms with van der Waals surface area (Å²) in [4.78, 5) is 0. The Morgan fingerprint density at radius 1 is 1.14 bits per heavy atom. The number of hydrogen-bond acceptors (Lipinski definition) is 2. The second-order valence-corrected chi connectivity index (χ2v) is 5.16. The highest BCUT2D eigenvalue weighted by Crippen LogP contribution is 2.22. The molecule has 0 aliphatic carbocycles. The van der Waals surface area contributed by atoms with Crippen molar-refractivity contribution in [3.05, 3.63) is 47.9 Å². The van der Waals surface area contributed by atoms with Crippen LogP contribution in [0.2, 0.25) is 0 Å². The average molecular weight is 283 g/mol. The van der Waals surface area contributed by atoms with Gasteiger partial charge in [0.05, 0.1) is 25.0 Å². The molecule has 0 fully saturated rings. The lowest BCUT2D eigenvalue weighted by Crippen LogP contribution is -2.07. The van der Waals surface area contributed by atoms with Gasteiger partial charge < -0.3 is 9.30 Å². The number of benzene rings is 1. The minimum Gasteiger partial charge on any atom is -0.497 e. The van der Waals surface area contributed by atoms with Crippen LogP contribution in [-0.4, -0.2) is 21.5 Å². The van der Waals surface area contributed by atoms with E-state index in [0.29, 0.717) is 0 Å². The molecule has 3 rings (SSSR count). The normalized spacial score (nSPS) is 11.2. The second kappa shape index (κ2) is 5.64. The predicted molar refractivity (Wildman–Crippen MR) is 84.9 cm³/mol. The molecule has 0 aliphatic rings. The number of nitrogens with zero attached hydrogens (tertiary/aromatic N) is 3. The Balaban J connectivity index is 1.96. The predicted octanol–water partition coefficient (Wildman–Crippen LogP) is 3.48. The molecule has 110 valence electrons. The van der Waals surface area contributed by atoms with Crippen molar-refractivity contribution < 1.29 is 4.74 Å². The first-order chi connectivity index (χ1) is 10.2. The molecular formula is C17H21N3O. The molecule has 3 aromatic rings. The molecule has 0 atom stereocenters. The van der Waals surface area contributed by atoms with E-state index in [-0.39, 0.29) is 0 Å². The second-order valence-electron chi connectivity index (χ2n) is 5.16. The highest BCUT2D eigenvalue weighted by Gasteiger charge is 2.08. The van der Waals surface area contributed by atoms with E-state index in [4.69, 9.17) is 4.74 Å². The zero-order valence-corrected chi connectivity index (χ0v) is 12.8. The van der Waals surface area contributed by atoms with Crippen molar-refractivity contribution >= 4 is 10.9 Å².